The summed E-state index contributed by atoms with van der Waals surface area (Å²) in [6.07, 6.45) is 6.70. The second-order valence-corrected chi connectivity index (χ2v) is 11.3. The number of benzene rings is 1. The summed E-state index contributed by atoms with van der Waals surface area (Å²) in [5.74, 6) is -2.95. The number of sulfonamides is 1. The van der Waals surface area contributed by atoms with Crippen LogP contribution in [0.1, 0.15) is 68.9 Å². The quantitative estimate of drug-likeness (QED) is 0.316. The van der Waals surface area contributed by atoms with Gasteiger partial charge < -0.3 is 4.90 Å². The third kappa shape index (κ3) is 5.95. The van der Waals surface area contributed by atoms with Gasteiger partial charge in [0.2, 0.25) is 21.9 Å². The molecule has 1 aromatic rings. The van der Waals surface area contributed by atoms with Crippen molar-refractivity contribution in [1.29, 1.82) is 0 Å². The minimum absolute atomic E-state index is 0.141. The van der Waals surface area contributed by atoms with E-state index in [2.05, 4.69) is 13.2 Å². The van der Waals surface area contributed by atoms with Gasteiger partial charge >= 0.3 is 0 Å². The highest BCUT2D eigenvalue weighted by Crippen LogP contribution is 2.37. The normalized spacial score (nSPS) is 21.3. The molecule has 1 aliphatic carbocycles. The Bertz CT molecular complexity index is 999. The van der Waals surface area contributed by atoms with Crippen LogP contribution in [-0.2, 0) is 14.8 Å². The fourth-order valence-corrected chi connectivity index (χ4v) is 6.87. The second-order valence-electron chi connectivity index (χ2n) is 9.42. The maximum Gasteiger partial charge on any atom is 0.248 e. The van der Waals surface area contributed by atoms with Crippen molar-refractivity contribution in [2.75, 3.05) is 13.1 Å². The van der Waals surface area contributed by atoms with E-state index in [1.807, 2.05) is 13.0 Å². The van der Waals surface area contributed by atoms with Gasteiger partial charge in [-0.1, -0.05) is 36.4 Å². The number of amides is 1. The first-order valence-corrected chi connectivity index (χ1v) is 13.6. The number of rotatable bonds is 10. The topological polar surface area (TPSA) is 57.7 Å². The molecule has 2 fully saturated rings. The van der Waals surface area contributed by atoms with E-state index in [9.17, 15) is 22.0 Å². The van der Waals surface area contributed by atoms with Crippen molar-refractivity contribution in [1.82, 2.24) is 9.21 Å². The molecule has 1 amide bonds. The molecule has 1 atom stereocenters. The molecule has 1 aromatic carbocycles. The van der Waals surface area contributed by atoms with Gasteiger partial charge in [0.05, 0.1) is 4.90 Å². The number of nitrogens with zero attached hydrogens (tertiary/aromatic N) is 2. The van der Waals surface area contributed by atoms with E-state index in [4.69, 9.17) is 0 Å². The minimum atomic E-state index is -3.92. The Balaban J connectivity index is 1.86. The first-order valence-electron chi connectivity index (χ1n) is 12.1. The van der Waals surface area contributed by atoms with E-state index in [-0.39, 0.29) is 49.1 Å². The Morgan fingerprint density at radius 3 is 2.56 bits per heavy atom. The van der Waals surface area contributed by atoms with E-state index in [0.717, 1.165) is 24.8 Å². The Hall–Kier alpha value is -2.06. The van der Waals surface area contributed by atoms with Crippen LogP contribution in [0.25, 0.3) is 6.08 Å². The number of carbonyl (C=O) groups is 1. The molecule has 1 saturated carbocycles. The fraction of sp³-hybridized carbons (Fsp3) is 0.577. The van der Waals surface area contributed by atoms with Crippen LogP contribution < -0.4 is 0 Å². The number of carbonyl (C=O) groups excluding carboxylic acids is 1. The predicted octanol–water partition coefficient (Wildman–Crippen LogP) is 5.55. The summed E-state index contributed by atoms with van der Waals surface area (Å²) in [6.45, 7) is 10.1. The van der Waals surface area contributed by atoms with E-state index in [0.29, 0.717) is 24.9 Å². The molecule has 5 nitrogen and oxygen atoms in total. The van der Waals surface area contributed by atoms with Gasteiger partial charge in [0.1, 0.15) is 6.04 Å². The summed E-state index contributed by atoms with van der Waals surface area (Å²) in [4.78, 5) is 15.6. The van der Waals surface area contributed by atoms with Gasteiger partial charge in [-0.2, -0.15) is 4.31 Å². The average Bonchev–Trinajstić information content (AvgIpc) is 3.30. The lowest BCUT2D eigenvalue weighted by molar-refractivity contribution is -0.140. The highest BCUT2D eigenvalue weighted by molar-refractivity contribution is 7.89. The third-order valence-electron chi connectivity index (χ3n) is 6.93. The molecule has 0 radical (unpaired) electrons. The lowest BCUT2D eigenvalue weighted by atomic mass is 9.90. The van der Waals surface area contributed by atoms with E-state index in [1.54, 1.807) is 23.1 Å². The third-order valence-corrected chi connectivity index (χ3v) is 8.91. The lowest BCUT2D eigenvalue weighted by Crippen LogP contribution is -2.52. The largest absolute Gasteiger partial charge is 0.338 e. The molecule has 1 saturated heterocycles. The standard InChI is InChI=1S/C26H36F2N2O3S/c1-4-6-7-8-17-29(22-13-15-26(27,28)16-14-22)25(31)23-10-9-18-30(23)34(32,33)24-12-11-20(3)19-21(24)5-2/h4-5,11-12,19,22-23H,1-2,6-10,13-18H2,3H3/t23-/m0/s1. The molecule has 1 aliphatic heterocycles. The molecule has 0 aromatic heterocycles. The average molecular weight is 495 g/mol. The highest BCUT2D eigenvalue weighted by Gasteiger charge is 2.44. The van der Waals surface area contributed by atoms with Crippen LogP contribution in [0.3, 0.4) is 0 Å². The molecule has 0 bridgehead atoms. The zero-order chi connectivity index (χ0) is 24.9. The summed E-state index contributed by atoms with van der Waals surface area (Å²) in [5, 5.41) is 0. The molecule has 1 heterocycles. The monoisotopic (exact) mass is 494 g/mol. The second kappa shape index (κ2) is 11.1. The van der Waals surface area contributed by atoms with Crippen LogP contribution in [-0.4, -0.2) is 54.6 Å². The molecule has 8 heteroatoms. The summed E-state index contributed by atoms with van der Waals surface area (Å²) in [7, 11) is -3.92. The first kappa shape index (κ1) is 26.5. The molecule has 34 heavy (non-hydrogen) atoms. The van der Waals surface area contributed by atoms with Gasteiger partial charge in [0, 0.05) is 32.0 Å². The zero-order valence-electron chi connectivity index (χ0n) is 20.0. The van der Waals surface area contributed by atoms with Crippen LogP contribution in [0.4, 0.5) is 8.78 Å². The lowest BCUT2D eigenvalue weighted by Gasteiger charge is -2.39. The maximum absolute atomic E-state index is 13.8. The van der Waals surface area contributed by atoms with Crippen molar-refractivity contribution in [3.63, 3.8) is 0 Å². The molecule has 2 aliphatic rings. The van der Waals surface area contributed by atoms with Crippen LogP contribution in [0.2, 0.25) is 0 Å². The van der Waals surface area contributed by atoms with Crippen molar-refractivity contribution in [2.24, 2.45) is 0 Å². The van der Waals surface area contributed by atoms with Gasteiger partial charge in [-0.25, -0.2) is 17.2 Å². The van der Waals surface area contributed by atoms with E-state index in [1.165, 1.54) is 10.4 Å². The number of hydrogen-bond acceptors (Lipinski definition) is 3. The number of alkyl halides is 2. The summed E-state index contributed by atoms with van der Waals surface area (Å²) in [6, 6.07) is 3.97. The van der Waals surface area contributed by atoms with Gasteiger partial charge in [0.25, 0.3) is 0 Å². The van der Waals surface area contributed by atoms with Crippen molar-refractivity contribution < 1.29 is 22.0 Å². The molecule has 188 valence electrons. The highest BCUT2D eigenvalue weighted by atomic mass is 32.2. The molecular formula is C26H36F2N2O3S. The van der Waals surface area contributed by atoms with Crippen LogP contribution in [0.5, 0.6) is 0 Å². The van der Waals surface area contributed by atoms with Gasteiger partial charge in [-0.05, 0) is 63.5 Å². The van der Waals surface area contributed by atoms with Crippen molar-refractivity contribution in [2.45, 2.75) is 87.6 Å². The summed E-state index contributed by atoms with van der Waals surface area (Å²) >= 11 is 0. The number of aryl methyl sites for hydroxylation is 1. The van der Waals surface area contributed by atoms with E-state index < -0.39 is 22.0 Å². The Kier molecular flexibility index (Phi) is 8.68. The fourth-order valence-electron chi connectivity index (χ4n) is 5.03. The predicted molar refractivity (Wildman–Crippen MR) is 131 cm³/mol. The molecule has 0 N–H and O–H groups in total. The van der Waals surface area contributed by atoms with Crippen molar-refractivity contribution in [3.05, 3.63) is 48.6 Å². The number of allylic oxidation sites excluding steroid dienone is 1. The van der Waals surface area contributed by atoms with Crippen LogP contribution >= 0.6 is 0 Å². The zero-order valence-corrected chi connectivity index (χ0v) is 20.8. The van der Waals surface area contributed by atoms with E-state index >= 15 is 0 Å². The minimum Gasteiger partial charge on any atom is -0.338 e. The molecule has 0 spiro atoms. The molecule has 3 rings (SSSR count). The number of halogens is 2. The number of unbranched alkanes of at least 4 members (excludes halogenated alkanes) is 2. The van der Waals surface area contributed by atoms with Gasteiger partial charge in [-0.15, -0.1) is 6.58 Å². The molecular weight excluding hydrogens is 458 g/mol. The van der Waals surface area contributed by atoms with Gasteiger partial charge in [-0.3, -0.25) is 4.79 Å². The first-order chi connectivity index (χ1) is 16.1. The summed E-state index contributed by atoms with van der Waals surface area (Å²) < 4.78 is 56.1. The van der Waals surface area contributed by atoms with Crippen molar-refractivity contribution >= 4 is 22.0 Å². The molecule has 0 unspecified atom stereocenters. The van der Waals surface area contributed by atoms with Gasteiger partial charge in [0.15, 0.2) is 0 Å². The summed E-state index contributed by atoms with van der Waals surface area (Å²) in [5.41, 5.74) is 1.43. The Labute approximate surface area is 202 Å². The van der Waals surface area contributed by atoms with Crippen molar-refractivity contribution in [3.8, 4) is 0 Å². The maximum atomic E-state index is 13.8. The number of hydrogen-bond donors (Lipinski definition) is 0. The van der Waals surface area contributed by atoms with Crippen LogP contribution in [0, 0.1) is 6.92 Å². The Morgan fingerprint density at radius 1 is 1.21 bits per heavy atom. The smallest absolute Gasteiger partial charge is 0.248 e. The van der Waals surface area contributed by atoms with Crippen LogP contribution in [0.15, 0.2) is 42.3 Å². The SMILES string of the molecule is C=CCCCCN(C(=O)[C@@H]1CCCN1S(=O)(=O)c1ccc(C)cc1C=C)C1CCC(F)(F)CC1. The Morgan fingerprint density at radius 2 is 1.91 bits per heavy atom.